The van der Waals surface area contributed by atoms with Crippen molar-refractivity contribution in [2.24, 2.45) is 5.73 Å². The Bertz CT molecular complexity index is 449. The first-order valence-electron chi connectivity index (χ1n) is 5.03. The zero-order valence-electron chi connectivity index (χ0n) is 8.93. The number of hydrogen-bond donors (Lipinski definition) is 1. The highest BCUT2D eigenvalue weighted by Gasteiger charge is 2.33. The molecule has 1 aromatic rings. The number of halogens is 1. The van der Waals surface area contributed by atoms with Crippen molar-refractivity contribution in [1.29, 1.82) is 0 Å². The van der Waals surface area contributed by atoms with Crippen molar-refractivity contribution >= 4 is 35.2 Å². The van der Waals surface area contributed by atoms with Crippen molar-refractivity contribution in [2.45, 2.75) is 6.04 Å². The summed E-state index contributed by atoms with van der Waals surface area (Å²) >= 11 is 7.27. The molecule has 1 aromatic carbocycles. The number of primary amides is 1. The number of nitrogens with two attached hydrogens (primary N) is 1. The lowest BCUT2D eigenvalue weighted by atomic mass is 10.1. The summed E-state index contributed by atoms with van der Waals surface area (Å²) in [5.41, 5.74) is 5.78. The SMILES string of the molecule is NC(=O)C1CSCN1C(=O)c1ccc(Cl)cc1. The highest BCUT2D eigenvalue weighted by atomic mass is 35.5. The molecular weight excluding hydrogens is 260 g/mol. The van der Waals surface area contributed by atoms with Crippen molar-refractivity contribution in [2.75, 3.05) is 11.6 Å². The van der Waals surface area contributed by atoms with Crippen LogP contribution in [0.2, 0.25) is 5.02 Å². The molecule has 1 aliphatic heterocycles. The van der Waals surface area contributed by atoms with Gasteiger partial charge in [-0.05, 0) is 24.3 Å². The summed E-state index contributed by atoms with van der Waals surface area (Å²) in [5.74, 6) is 0.414. The van der Waals surface area contributed by atoms with E-state index in [2.05, 4.69) is 0 Å². The number of rotatable bonds is 2. The Labute approximate surface area is 108 Å². The highest BCUT2D eigenvalue weighted by Crippen LogP contribution is 2.23. The van der Waals surface area contributed by atoms with Gasteiger partial charge in [0.15, 0.2) is 0 Å². The first kappa shape index (κ1) is 12.3. The largest absolute Gasteiger partial charge is 0.368 e. The van der Waals surface area contributed by atoms with Crippen LogP contribution in [0.1, 0.15) is 10.4 Å². The van der Waals surface area contributed by atoms with Crippen molar-refractivity contribution in [3.63, 3.8) is 0 Å². The summed E-state index contributed by atoms with van der Waals surface area (Å²) in [7, 11) is 0. The van der Waals surface area contributed by atoms with E-state index in [1.165, 1.54) is 16.7 Å². The summed E-state index contributed by atoms with van der Waals surface area (Å²) in [4.78, 5) is 24.8. The summed E-state index contributed by atoms with van der Waals surface area (Å²) in [5, 5.41) is 0.573. The minimum Gasteiger partial charge on any atom is -0.368 e. The van der Waals surface area contributed by atoms with E-state index >= 15 is 0 Å². The quantitative estimate of drug-likeness (QED) is 0.882. The Balaban J connectivity index is 2.19. The second kappa shape index (κ2) is 4.98. The Hall–Kier alpha value is -1.20. The third kappa shape index (κ3) is 2.56. The van der Waals surface area contributed by atoms with E-state index in [1.807, 2.05) is 0 Å². The third-order valence-electron chi connectivity index (χ3n) is 2.56. The lowest BCUT2D eigenvalue weighted by Crippen LogP contribution is -2.45. The fraction of sp³-hybridized carbons (Fsp3) is 0.273. The average molecular weight is 271 g/mol. The van der Waals surface area contributed by atoms with E-state index in [1.54, 1.807) is 24.3 Å². The van der Waals surface area contributed by atoms with Crippen LogP contribution in [0.5, 0.6) is 0 Å². The third-order valence-corrected chi connectivity index (χ3v) is 3.83. The number of carbonyl (C=O) groups is 2. The van der Waals surface area contributed by atoms with Gasteiger partial charge < -0.3 is 10.6 Å². The molecule has 4 nitrogen and oxygen atoms in total. The molecule has 2 amide bonds. The number of hydrogen-bond acceptors (Lipinski definition) is 3. The maximum Gasteiger partial charge on any atom is 0.255 e. The molecular formula is C11H11ClN2O2S. The van der Waals surface area contributed by atoms with Crippen molar-refractivity contribution in [3.8, 4) is 0 Å². The molecule has 0 spiro atoms. The number of thioether (sulfide) groups is 1. The van der Waals surface area contributed by atoms with E-state index in [0.717, 1.165) is 0 Å². The average Bonchev–Trinajstić information content (AvgIpc) is 2.78. The summed E-state index contributed by atoms with van der Waals surface area (Å²) in [6.45, 7) is 0. The maximum atomic E-state index is 12.1. The zero-order valence-corrected chi connectivity index (χ0v) is 10.5. The predicted octanol–water partition coefficient (Wildman–Crippen LogP) is 1.34. The lowest BCUT2D eigenvalue weighted by Gasteiger charge is -2.21. The first-order valence-corrected chi connectivity index (χ1v) is 6.56. The van der Waals surface area contributed by atoms with Gasteiger partial charge in [-0.1, -0.05) is 11.6 Å². The van der Waals surface area contributed by atoms with Gasteiger partial charge in [-0.15, -0.1) is 11.8 Å². The van der Waals surface area contributed by atoms with Gasteiger partial charge in [0.2, 0.25) is 5.91 Å². The maximum absolute atomic E-state index is 12.1. The van der Waals surface area contributed by atoms with Crippen LogP contribution in [0.3, 0.4) is 0 Å². The molecule has 1 heterocycles. The first-order chi connectivity index (χ1) is 8.09. The minimum absolute atomic E-state index is 0.185. The lowest BCUT2D eigenvalue weighted by molar-refractivity contribution is -0.121. The summed E-state index contributed by atoms with van der Waals surface area (Å²) in [6.07, 6.45) is 0. The smallest absolute Gasteiger partial charge is 0.255 e. The molecule has 1 atom stereocenters. The van der Waals surface area contributed by atoms with Gasteiger partial charge in [0.1, 0.15) is 6.04 Å². The van der Waals surface area contributed by atoms with Gasteiger partial charge in [-0.3, -0.25) is 9.59 Å². The van der Waals surface area contributed by atoms with Crippen LogP contribution in [-0.2, 0) is 4.79 Å². The molecule has 0 bridgehead atoms. The molecule has 2 rings (SSSR count). The van der Waals surface area contributed by atoms with Crippen LogP contribution in [0.4, 0.5) is 0 Å². The van der Waals surface area contributed by atoms with E-state index in [4.69, 9.17) is 17.3 Å². The van der Waals surface area contributed by atoms with E-state index in [9.17, 15) is 9.59 Å². The molecule has 0 radical (unpaired) electrons. The fourth-order valence-electron chi connectivity index (χ4n) is 1.64. The van der Waals surface area contributed by atoms with Crippen LogP contribution in [0, 0.1) is 0 Å². The number of carbonyl (C=O) groups excluding carboxylic acids is 2. The molecule has 1 fully saturated rings. The van der Waals surface area contributed by atoms with E-state index in [-0.39, 0.29) is 5.91 Å². The Morgan fingerprint density at radius 1 is 1.35 bits per heavy atom. The molecule has 2 N–H and O–H groups in total. The molecule has 6 heteroatoms. The second-order valence-corrected chi connectivity index (χ2v) is 5.14. The van der Waals surface area contributed by atoms with Crippen LogP contribution in [0.15, 0.2) is 24.3 Å². The predicted molar refractivity (Wildman–Crippen MR) is 67.9 cm³/mol. The number of nitrogens with zero attached hydrogens (tertiary/aromatic N) is 1. The van der Waals surface area contributed by atoms with Crippen molar-refractivity contribution in [3.05, 3.63) is 34.9 Å². The van der Waals surface area contributed by atoms with E-state index < -0.39 is 11.9 Å². The minimum atomic E-state index is -0.511. The molecule has 1 aliphatic rings. The summed E-state index contributed by atoms with van der Waals surface area (Å²) < 4.78 is 0. The van der Waals surface area contributed by atoms with Gasteiger partial charge in [0.05, 0.1) is 5.88 Å². The molecule has 1 saturated heterocycles. The van der Waals surface area contributed by atoms with Gasteiger partial charge >= 0.3 is 0 Å². The van der Waals surface area contributed by atoms with Crippen LogP contribution in [0.25, 0.3) is 0 Å². The van der Waals surface area contributed by atoms with E-state index in [0.29, 0.717) is 22.2 Å². The zero-order chi connectivity index (χ0) is 12.4. The van der Waals surface area contributed by atoms with Gasteiger partial charge in [-0.25, -0.2) is 0 Å². The second-order valence-electron chi connectivity index (χ2n) is 3.70. The van der Waals surface area contributed by atoms with Crippen LogP contribution >= 0.6 is 23.4 Å². The molecule has 17 heavy (non-hydrogen) atoms. The van der Waals surface area contributed by atoms with Gasteiger partial charge in [-0.2, -0.15) is 0 Å². The van der Waals surface area contributed by atoms with Crippen LogP contribution in [-0.4, -0.2) is 34.4 Å². The summed E-state index contributed by atoms with van der Waals surface area (Å²) in [6, 6.07) is 6.08. The van der Waals surface area contributed by atoms with Gasteiger partial charge in [0, 0.05) is 16.3 Å². The van der Waals surface area contributed by atoms with Crippen LogP contribution < -0.4 is 5.73 Å². The fourth-order valence-corrected chi connectivity index (χ4v) is 2.93. The van der Waals surface area contributed by atoms with Crippen molar-refractivity contribution in [1.82, 2.24) is 4.90 Å². The Morgan fingerprint density at radius 3 is 2.59 bits per heavy atom. The molecule has 1 unspecified atom stereocenters. The van der Waals surface area contributed by atoms with Gasteiger partial charge in [0.25, 0.3) is 5.91 Å². The Kier molecular flexibility index (Phi) is 3.59. The van der Waals surface area contributed by atoms with Crippen molar-refractivity contribution < 1.29 is 9.59 Å². The topological polar surface area (TPSA) is 63.4 Å². The molecule has 0 aliphatic carbocycles. The Morgan fingerprint density at radius 2 is 2.00 bits per heavy atom. The molecule has 90 valence electrons. The number of amides is 2. The normalized spacial score (nSPS) is 19.4. The molecule has 0 aromatic heterocycles. The number of benzene rings is 1. The molecule has 0 saturated carbocycles. The standard InChI is InChI=1S/C11H11ClN2O2S/c12-8-3-1-7(2-4-8)11(16)14-6-17-5-9(14)10(13)15/h1-4,9H,5-6H2,(H2,13,15). The monoisotopic (exact) mass is 270 g/mol. The highest BCUT2D eigenvalue weighted by molar-refractivity contribution is 7.99.